The van der Waals surface area contributed by atoms with Gasteiger partial charge in [-0.2, -0.15) is 0 Å². The molecule has 0 spiro atoms. The minimum atomic E-state index is -0.00582. The van der Waals surface area contributed by atoms with Crippen LogP contribution in [0.2, 0.25) is 0 Å². The molecule has 0 saturated heterocycles. The maximum atomic E-state index is 12.1. The molecule has 0 aliphatic heterocycles. The molecule has 0 fully saturated rings. The molecule has 0 N–H and O–H groups in total. The van der Waals surface area contributed by atoms with Crippen LogP contribution in [0.25, 0.3) is 6.08 Å². The highest BCUT2D eigenvalue weighted by Crippen LogP contribution is 2.29. The number of aryl methyl sites for hydroxylation is 1. The van der Waals surface area contributed by atoms with E-state index in [4.69, 9.17) is 15.9 Å². The van der Waals surface area contributed by atoms with Crippen molar-refractivity contribution in [3.63, 3.8) is 0 Å². The van der Waals surface area contributed by atoms with Crippen molar-refractivity contribution < 1.29 is 14.3 Å². The van der Waals surface area contributed by atoms with Crippen LogP contribution >= 0.6 is 11.3 Å². The zero-order valence-corrected chi connectivity index (χ0v) is 14.0. The van der Waals surface area contributed by atoms with Crippen LogP contribution in [0.15, 0.2) is 36.4 Å². The zero-order valence-electron chi connectivity index (χ0n) is 13.2. The third kappa shape index (κ3) is 4.73. The van der Waals surface area contributed by atoms with E-state index in [0.717, 1.165) is 15.3 Å². The van der Waals surface area contributed by atoms with Gasteiger partial charge in [-0.05, 0) is 49.8 Å². The van der Waals surface area contributed by atoms with Crippen molar-refractivity contribution in [3.05, 3.63) is 51.7 Å². The van der Waals surface area contributed by atoms with E-state index in [1.54, 1.807) is 18.2 Å². The van der Waals surface area contributed by atoms with E-state index in [1.165, 1.54) is 11.3 Å². The Balaban J connectivity index is 2.16. The number of ketones is 1. The molecule has 2 aromatic rings. The third-order valence-electron chi connectivity index (χ3n) is 2.99. The van der Waals surface area contributed by atoms with Crippen LogP contribution in [-0.2, 0) is 0 Å². The molecule has 0 amide bonds. The van der Waals surface area contributed by atoms with Crippen molar-refractivity contribution in [1.29, 1.82) is 0 Å². The van der Waals surface area contributed by atoms with Crippen LogP contribution in [-0.4, -0.2) is 19.0 Å². The van der Waals surface area contributed by atoms with Gasteiger partial charge in [-0.25, -0.2) is 0 Å². The summed E-state index contributed by atoms with van der Waals surface area (Å²) in [6.07, 6.45) is 8.54. The Kier molecular flexibility index (Phi) is 6.02. The monoisotopic (exact) mass is 326 g/mol. The molecule has 0 atom stereocenters. The largest absolute Gasteiger partial charge is 0.490 e. The molecule has 1 heterocycles. The lowest BCUT2D eigenvalue weighted by atomic mass is 10.1. The third-order valence-corrected chi connectivity index (χ3v) is 4.00. The maximum Gasteiger partial charge on any atom is 0.195 e. The van der Waals surface area contributed by atoms with Crippen LogP contribution in [0.4, 0.5) is 0 Å². The number of ether oxygens (including phenoxy) is 2. The first-order valence-corrected chi connectivity index (χ1v) is 8.07. The molecule has 23 heavy (non-hydrogen) atoms. The molecule has 0 aliphatic carbocycles. The summed E-state index contributed by atoms with van der Waals surface area (Å²) in [7, 11) is 0. The standard InChI is InChI=1S/C19H18O3S/c1-4-12-22-17-10-8-15(13-18(17)21-5-2)7-9-16(20)19-11-6-14(3)23-19/h1,6-11,13H,5,12H2,2-3H3/b9-7+. The molecule has 1 aromatic carbocycles. The van der Waals surface area contributed by atoms with Gasteiger partial charge in [-0.1, -0.05) is 18.1 Å². The van der Waals surface area contributed by atoms with E-state index in [-0.39, 0.29) is 12.4 Å². The summed E-state index contributed by atoms with van der Waals surface area (Å²) < 4.78 is 11.0. The number of rotatable bonds is 7. The zero-order chi connectivity index (χ0) is 16.7. The highest BCUT2D eigenvalue weighted by Gasteiger charge is 2.07. The fourth-order valence-corrected chi connectivity index (χ4v) is 2.74. The number of benzene rings is 1. The minimum Gasteiger partial charge on any atom is -0.490 e. The van der Waals surface area contributed by atoms with Crippen molar-refractivity contribution in [2.24, 2.45) is 0 Å². The molecule has 3 nitrogen and oxygen atoms in total. The fourth-order valence-electron chi connectivity index (χ4n) is 1.96. The van der Waals surface area contributed by atoms with Crippen molar-refractivity contribution in [1.82, 2.24) is 0 Å². The van der Waals surface area contributed by atoms with Gasteiger partial charge in [-0.3, -0.25) is 4.79 Å². The Morgan fingerprint density at radius 2 is 2.09 bits per heavy atom. The van der Waals surface area contributed by atoms with E-state index >= 15 is 0 Å². The number of hydrogen-bond donors (Lipinski definition) is 0. The Morgan fingerprint density at radius 1 is 1.26 bits per heavy atom. The van der Waals surface area contributed by atoms with Gasteiger partial charge in [0, 0.05) is 4.88 Å². The number of carbonyl (C=O) groups excluding carboxylic acids is 1. The molecule has 0 saturated carbocycles. The Bertz CT molecular complexity index is 750. The van der Waals surface area contributed by atoms with Gasteiger partial charge in [0.1, 0.15) is 6.61 Å². The lowest BCUT2D eigenvalue weighted by Gasteiger charge is -2.10. The quantitative estimate of drug-likeness (QED) is 0.431. The molecular weight excluding hydrogens is 308 g/mol. The highest BCUT2D eigenvalue weighted by atomic mass is 32.1. The topological polar surface area (TPSA) is 35.5 Å². The molecule has 118 valence electrons. The number of terminal acetylenes is 1. The van der Waals surface area contributed by atoms with Crippen LogP contribution in [0.5, 0.6) is 11.5 Å². The van der Waals surface area contributed by atoms with Gasteiger partial charge in [0.15, 0.2) is 17.3 Å². The first-order valence-electron chi connectivity index (χ1n) is 7.26. The van der Waals surface area contributed by atoms with Gasteiger partial charge < -0.3 is 9.47 Å². The number of carbonyl (C=O) groups is 1. The lowest BCUT2D eigenvalue weighted by Crippen LogP contribution is -1.99. The molecule has 0 bridgehead atoms. The molecule has 0 aliphatic rings. The summed E-state index contributed by atoms with van der Waals surface area (Å²) in [6.45, 7) is 4.59. The molecule has 1 aromatic heterocycles. The van der Waals surface area contributed by atoms with E-state index in [2.05, 4.69) is 5.92 Å². The van der Waals surface area contributed by atoms with Gasteiger partial charge >= 0.3 is 0 Å². The van der Waals surface area contributed by atoms with Crippen LogP contribution in [0.3, 0.4) is 0 Å². The predicted molar refractivity (Wildman–Crippen MR) is 94.4 cm³/mol. The number of allylic oxidation sites excluding steroid dienone is 1. The summed E-state index contributed by atoms with van der Waals surface area (Å²) in [5.41, 5.74) is 0.864. The van der Waals surface area contributed by atoms with E-state index in [9.17, 15) is 4.79 Å². The average molecular weight is 326 g/mol. The van der Waals surface area contributed by atoms with E-state index in [1.807, 2.05) is 38.1 Å². The first kappa shape index (κ1) is 16.9. The molecule has 0 radical (unpaired) electrons. The van der Waals surface area contributed by atoms with Crippen molar-refractivity contribution in [2.75, 3.05) is 13.2 Å². The van der Waals surface area contributed by atoms with Crippen molar-refractivity contribution >= 4 is 23.2 Å². The summed E-state index contributed by atoms with van der Waals surface area (Å²) in [4.78, 5) is 14.0. The minimum absolute atomic E-state index is 0.00582. The molecule has 4 heteroatoms. The second-order valence-corrected chi connectivity index (χ2v) is 6.03. The summed E-state index contributed by atoms with van der Waals surface area (Å²) in [5, 5.41) is 0. The molecule has 0 unspecified atom stereocenters. The lowest BCUT2D eigenvalue weighted by molar-refractivity contribution is 0.105. The first-order chi connectivity index (χ1) is 11.1. The van der Waals surface area contributed by atoms with Crippen LogP contribution in [0.1, 0.15) is 27.0 Å². The van der Waals surface area contributed by atoms with E-state index < -0.39 is 0 Å². The van der Waals surface area contributed by atoms with Gasteiger partial charge in [0.05, 0.1) is 11.5 Å². The van der Waals surface area contributed by atoms with Gasteiger partial charge in [-0.15, -0.1) is 17.8 Å². The van der Waals surface area contributed by atoms with Gasteiger partial charge in [0.2, 0.25) is 0 Å². The average Bonchev–Trinajstić information content (AvgIpc) is 2.98. The Morgan fingerprint density at radius 3 is 2.74 bits per heavy atom. The van der Waals surface area contributed by atoms with Gasteiger partial charge in [0.25, 0.3) is 0 Å². The summed E-state index contributed by atoms with van der Waals surface area (Å²) >= 11 is 1.49. The summed E-state index contributed by atoms with van der Waals surface area (Å²) in [5.74, 6) is 3.63. The fraction of sp³-hybridized carbons (Fsp3) is 0.211. The molecular formula is C19H18O3S. The smallest absolute Gasteiger partial charge is 0.195 e. The number of hydrogen-bond acceptors (Lipinski definition) is 4. The summed E-state index contributed by atoms with van der Waals surface area (Å²) in [6, 6.07) is 9.27. The Hall–Kier alpha value is -2.51. The molecule has 2 rings (SSSR count). The predicted octanol–water partition coefficient (Wildman–Crippen LogP) is 4.36. The number of thiophene rings is 1. The van der Waals surface area contributed by atoms with Crippen LogP contribution < -0.4 is 9.47 Å². The second-order valence-electron chi connectivity index (χ2n) is 4.74. The maximum absolute atomic E-state index is 12.1. The highest BCUT2D eigenvalue weighted by molar-refractivity contribution is 7.14. The second kappa shape index (κ2) is 8.21. The van der Waals surface area contributed by atoms with Crippen molar-refractivity contribution in [2.45, 2.75) is 13.8 Å². The van der Waals surface area contributed by atoms with Crippen LogP contribution in [0, 0.1) is 19.3 Å². The van der Waals surface area contributed by atoms with E-state index in [0.29, 0.717) is 18.1 Å². The van der Waals surface area contributed by atoms with Crippen molar-refractivity contribution in [3.8, 4) is 23.8 Å². The normalized spacial score (nSPS) is 10.5. The SMILES string of the molecule is C#CCOc1ccc(/C=C/C(=O)c2ccc(C)s2)cc1OCC. The Labute approximate surface area is 140 Å².